The molecule has 2 aromatic carbocycles. The van der Waals surface area contributed by atoms with E-state index in [9.17, 15) is 13.2 Å². The summed E-state index contributed by atoms with van der Waals surface area (Å²) < 4.78 is 29.6. The van der Waals surface area contributed by atoms with Crippen LogP contribution in [0, 0.1) is 0 Å². The second kappa shape index (κ2) is 7.83. The predicted molar refractivity (Wildman–Crippen MR) is 114 cm³/mol. The summed E-state index contributed by atoms with van der Waals surface area (Å²) in [5.74, 6) is 0.503. The molecule has 2 heterocycles. The van der Waals surface area contributed by atoms with Crippen LogP contribution in [0.15, 0.2) is 70.6 Å². The number of amides is 1. The summed E-state index contributed by atoms with van der Waals surface area (Å²) in [5.41, 5.74) is 1.99. The van der Waals surface area contributed by atoms with Crippen LogP contribution in [0.2, 0.25) is 0 Å². The Morgan fingerprint density at radius 2 is 1.55 bits per heavy atom. The van der Waals surface area contributed by atoms with E-state index in [4.69, 9.17) is 0 Å². The molecule has 0 unspecified atom stereocenters. The Labute approximate surface area is 171 Å². The van der Waals surface area contributed by atoms with Gasteiger partial charge in [0.25, 0.3) is 15.9 Å². The van der Waals surface area contributed by atoms with Gasteiger partial charge in [0, 0.05) is 37.3 Å². The SMILES string of the molecule is CC1=C(c2ccccc2)S(=O)(=O)N=C1N1CCCN(C(=O)c2ccccc2)CC1. The predicted octanol–water partition coefficient (Wildman–Crippen LogP) is 3.01. The van der Waals surface area contributed by atoms with Crippen molar-refractivity contribution in [2.45, 2.75) is 13.3 Å². The van der Waals surface area contributed by atoms with Crippen molar-refractivity contribution >= 4 is 26.7 Å². The van der Waals surface area contributed by atoms with Gasteiger partial charge in [0.15, 0.2) is 0 Å². The average molecular weight is 410 g/mol. The van der Waals surface area contributed by atoms with E-state index in [0.717, 1.165) is 6.42 Å². The molecule has 4 rings (SSSR count). The molecule has 0 saturated carbocycles. The minimum absolute atomic E-state index is 0.00525. The van der Waals surface area contributed by atoms with Crippen LogP contribution in [0.25, 0.3) is 4.91 Å². The first-order valence-corrected chi connectivity index (χ1v) is 11.1. The lowest BCUT2D eigenvalue weighted by Gasteiger charge is -2.23. The first kappa shape index (κ1) is 19.4. The van der Waals surface area contributed by atoms with E-state index < -0.39 is 10.0 Å². The molecule has 0 atom stereocenters. The largest absolute Gasteiger partial charge is 0.354 e. The molecule has 0 aliphatic carbocycles. The van der Waals surface area contributed by atoms with Crippen molar-refractivity contribution in [3.8, 4) is 0 Å². The third-order valence-corrected chi connectivity index (χ3v) is 6.75. The van der Waals surface area contributed by atoms with Crippen LogP contribution in [0.1, 0.15) is 29.3 Å². The first-order valence-electron chi connectivity index (χ1n) is 9.68. The first-order chi connectivity index (χ1) is 14.0. The van der Waals surface area contributed by atoms with Gasteiger partial charge < -0.3 is 9.80 Å². The lowest BCUT2D eigenvalue weighted by atomic mass is 10.1. The summed E-state index contributed by atoms with van der Waals surface area (Å²) >= 11 is 0. The molecule has 2 aliphatic rings. The van der Waals surface area contributed by atoms with E-state index >= 15 is 0 Å². The summed E-state index contributed by atoms with van der Waals surface area (Å²) in [6, 6.07) is 18.3. The van der Waals surface area contributed by atoms with Gasteiger partial charge in [-0.05, 0) is 31.0 Å². The van der Waals surface area contributed by atoms with Crippen LogP contribution in [0.3, 0.4) is 0 Å². The molecule has 0 spiro atoms. The molecule has 29 heavy (non-hydrogen) atoms. The monoisotopic (exact) mass is 409 g/mol. The highest BCUT2D eigenvalue weighted by Crippen LogP contribution is 2.33. The standard InChI is InChI=1S/C22H23N3O3S/c1-17-20(18-9-4-2-5-10-18)29(27,28)23-21(17)24-13-8-14-25(16-15-24)22(26)19-11-6-3-7-12-19/h2-7,9-12H,8,13-16H2,1H3. The Bertz CT molecular complexity index is 1080. The van der Waals surface area contributed by atoms with E-state index in [2.05, 4.69) is 4.40 Å². The van der Waals surface area contributed by atoms with E-state index in [1.165, 1.54) is 0 Å². The summed E-state index contributed by atoms with van der Waals surface area (Å²) in [7, 11) is -3.73. The molecule has 0 radical (unpaired) electrons. The van der Waals surface area contributed by atoms with Crippen molar-refractivity contribution in [3.05, 3.63) is 77.4 Å². The van der Waals surface area contributed by atoms with Gasteiger partial charge in [0.2, 0.25) is 0 Å². The third kappa shape index (κ3) is 3.82. The van der Waals surface area contributed by atoms with Crippen molar-refractivity contribution in [1.29, 1.82) is 0 Å². The second-order valence-electron chi connectivity index (χ2n) is 7.21. The van der Waals surface area contributed by atoms with E-state index in [1.807, 2.05) is 65.3 Å². The molecule has 7 heteroatoms. The van der Waals surface area contributed by atoms with Crippen LogP contribution in [0.4, 0.5) is 0 Å². The molecule has 0 aromatic heterocycles. The molecule has 1 saturated heterocycles. The van der Waals surface area contributed by atoms with Crippen molar-refractivity contribution in [1.82, 2.24) is 9.80 Å². The van der Waals surface area contributed by atoms with Gasteiger partial charge >= 0.3 is 0 Å². The molecular weight excluding hydrogens is 386 g/mol. The molecule has 6 nitrogen and oxygen atoms in total. The van der Waals surface area contributed by atoms with E-state index in [-0.39, 0.29) is 10.8 Å². The molecule has 0 N–H and O–H groups in total. The Balaban J connectivity index is 1.55. The summed E-state index contributed by atoms with van der Waals surface area (Å²) in [6.45, 7) is 4.18. The third-order valence-electron chi connectivity index (χ3n) is 5.28. The number of rotatable bonds is 2. The molecule has 1 amide bonds. The molecule has 0 bridgehead atoms. The van der Waals surface area contributed by atoms with Gasteiger partial charge in [-0.1, -0.05) is 48.5 Å². The minimum atomic E-state index is -3.73. The van der Waals surface area contributed by atoms with Crippen LogP contribution in [-0.4, -0.2) is 56.1 Å². The van der Waals surface area contributed by atoms with Crippen LogP contribution < -0.4 is 0 Å². The fourth-order valence-electron chi connectivity index (χ4n) is 3.87. The van der Waals surface area contributed by atoms with Gasteiger partial charge in [-0.25, -0.2) is 0 Å². The molecule has 2 aliphatic heterocycles. The Kier molecular flexibility index (Phi) is 5.24. The van der Waals surface area contributed by atoms with Gasteiger partial charge in [0.05, 0.1) is 0 Å². The Morgan fingerprint density at radius 1 is 0.897 bits per heavy atom. The summed E-state index contributed by atoms with van der Waals surface area (Å²) in [4.78, 5) is 16.8. The Hall–Kier alpha value is -2.93. The number of hydrogen-bond donors (Lipinski definition) is 0. The van der Waals surface area contributed by atoms with Gasteiger partial charge in [0.1, 0.15) is 10.7 Å². The van der Waals surface area contributed by atoms with E-state index in [1.54, 1.807) is 12.1 Å². The fourth-order valence-corrected chi connectivity index (χ4v) is 5.35. The highest BCUT2D eigenvalue weighted by molar-refractivity contribution is 8.00. The normalized spacial score (nSPS) is 19.1. The molecule has 1 fully saturated rings. The Morgan fingerprint density at radius 3 is 2.24 bits per heavy atom. The van der Waals surface area contributed by atoms with Crippen molar-refractivity contribution in [3.63, 3.8) is 0 Å². The molecule has 2 aromatic rings. The minimum Gasteiger partial charge on any atom is -0.354 e. The smallest absolute Gasteiger partial charge is 0.285 e. The van der Waals surface area contributed by atoms with Gasteiger partial charge in [-0.15, -0.1) is 4.40 Å². The maximum Gasteiger partial charge on any atom is 0.285 e. The number of benzene rings is 2. The second-order valence-corrected chi connectivity index (χ2v) is 8.75. The maximum absolute atomic E-state index is 12.8. The van der Waals surface area contributed by atoms with Crippen LogP contribution in [0.5, 0.6) is 0 Å². The number of sulfonamides is 1. The zero-order valence-corrected chi connectivity index (χ0v) is 17.1. The lowest BCUT2D eigenvalue weighted by Crippen LogP contribution is -2.37. The fraction of sp³-hybridized carbons (Fsp3) is 0.273. The van der Waals surface area contributed by atoms with Crippen molar-refractivity contribution < 1.29 is 13.2 Å². The van der Waals surface area contributed by atoms with E-state index in [0.29, 0.717) is 48.7 Å². The topological polar surface area (TPSA) is 70.1 Å². The van der Waals surface area contributed by atoms with Crippen molar-refractivity contribution in [2.24, 2.45) is 4.40 Å². The zero-order chi connectivity index (χ0) is 20.4. The average Bonchev–Trinajstić information content (AvgIpc) is 2.89. The number of nitrogens with zero attached hydrogens (tertiary/aromatic N) is 3. The maximum atomic E-state index is 12.8. The zero-order valence-electron chi connectivity index (χ0n) is 16.3. The summed E-state index contributed by atoms with van der Waals surface area (Å²) in [5, 5.41) is 0. The van der Waals surface area contributed by atoms with Gasteiger partial charge in [-0.3, -0.25) is 4.79 Å². The number of amidine groups is 1. The highest BCUT2D eigenvalue weighted by atomic mass is 32.2. The lowest BCUT2D eigenvalue weighted by molar-refractivity contribution is 0.0764. The summed E-state index contributed by atoms with van der Waals surface area (Å²) in [6.07, 6.45) is 0.756. The number of hydrogen-bond acceptors (Lipinski definition) is 4. The highest BCUT2D eigenvalue weighted by Gasteiger charge is 2.34. The number of carbonyl (C=O) groups is 1. The van der Waals surface area contributed by atoms with Gasteiger partial charge in [-0.2, -0.15) is 8.42 Å². The quantitative estimate of drug-likeness (QED) is 0.765. The van der Waals surface area contributed by atoms with Crippen LogP contribution >= 0.6 is 0 Å². The van der Waals surface area contributed by atoms with Crippen LogP contribution in [-0.2, 0) is 10.0 Å². The molecular formula is C22H23N3O3S. The molecule has 150 valence electrons. The number of carbonyl (C=O) groups excluding carboxylic acids is 1. The van der Waals surface area contributed by atoms with Crippen molar-refractivity contribution in [2.75, 3.05) is 26.2 Å².